The minimum atomic E-state index is -1.77. The average molecular weight is 701 g/mol. The fraction of sp³-hybridized carbons (Fsp3) is 0.611. The number of rotatable bonds is 7. The minimum Gasteiger partial charge on any atom is -0.507 e. The van der Waals surface area contributed by atoms with Crippen molar-refractivity contribution in [2.24, 2.45) is 0 Å². The van der Waals surface area contributed by atoms with Gasteiger partial charge in [-0.05, 0) is 54.5 Å². The first-order valence-corrected chi connectivity index (χ1v) is 17.1. The quantitative estimate of drug-likeness (QED) is 0.196. The Bertz CT molecular complexity index is 1660. The van der Waals surface area contributed by atoms with Crippen LogP contribution in [-0.2, 0) is 18.9 Å². The number of nitrogens with zero attached hydrogens (tertiary/aromatic N) is 2. The summed E-state index contributed by atoms with van der Waals surface area (Å²) in [7, 11) is 7.25. The van der Waals surface area contributed by atoms with Crippen molar-refractivity contribution in [1.82, 2.24) is 9.80 Å². The van der Waals surface area contributed by atoms with Crippen molar-refractivity contribution in [2.75, 3.05) is 28.2 Å². The van der Waals surface area contributed by atoms with Crippen LogP contribution in [-0.4, -0.2) is 135 Å². The zero-order valence-electron chi connectivity index (χ0n) is 29.4. The molecule has 0 saturated carbocycles. The summed E-state index contributed by atoms with van der Waals surface area (Å²) >= 11 is 0. The topological polar surface area (TPSA) is 199 Å². The molecule has 2 aliphatic heterocycles. The molecule has 0 unspecified atom stereocenters. The van der Waals surface area contributed by atoms with E-state index in [2.05, 4.69) is 0 Å². The van der Waals surface area contributed by atoms with Crippen molar-refractivity contribution >= 4 is 11.6 Å². The van der Waals surface area contributed by atoms with Gasteiger partial charge in [-0.15, -0.1) is 0 Å². The van der Waals surface area contributed by atoms with Gasteiger partial charge in [0.25, 0.3) is 0 Å². The highest BCUT2D eigenvalue weighted by molar-refractivity contribution is 6.31. The third-order valence-electron chi connectivity index (χ3n) is 11.0. The third-order valence-corrected chi connectivity index (χ3v) is 11.0. The van der Waals surface area contributed by atoms with Crippen molar-refractivity contribution < 1.29 is 59.2 Å². The standard InChI is InChI=1S/C36H48N2O12/c1-8-36(46)14-21(49-22-12-18(37(4)5)29(40)15(2)47-22)25-28(35(36)50-23-13-19(38(6)7)30(41)16(3)48-23)34(45)26-27(33(25)44)32(43)24-17(31(26)42)10-9-11-20(24)39/h9-11,15-16,18-19,21-23,29-30,35,39-41,44-46H,8,12-14H2,1-7H3/t15-,16-,18+,19+,21+,22+,23+,29-,30-,35-,36-/m1/s1. The third kappa shape index (κ3) is 5.90. The Balaban J connectivity index is 1.52. The molecule has 2 heterocycles. The van der Waals surface area contributed by atoms with E-state index < -0.39 is 94.7 Å². The molecule has 14 nitrogen and oxygen atoms in total. The Hall–Kier alpha value is -3.18. The normalized spacial score (nSPS) is 35.6. The fourth-order valence-corrected chi connectivity index (χ4v) is 8.05. The Kier molecular flexibility index (Phi) is 9.82. The second kappa shape index (κ2) is 13.4. The number of fused-ring (bicyclic) bond motifs is 3. The molecule has 6 rings (SSSR count). The van der Waals surface area contributed by atoms with Gasteiger partial charge in [-0.2, -0.15) is 0 Å². The molecule has 0 amide bonds. The van der Waals surface area contributed by atoms with Crippen LogP contribution in [0.4, 0.5) is 0 Å². The van der Waals surface area contributed by atoms with Crippen LogP contribution in [0.25, 0.3) is 0 Å². The number of hydrogen-bond acceptors (Lipinski definition) is 14. The number of benzene rings is 2. The fourth-order valence-electron chi connectivity index (χ4n) is 8.05. The van der Waals surface area contributed by atoms with Crippen molar-refractivity contribution in [3.8, 4) is 17.2 Å². The van der Waals surface area contributed by atoms with Crippen LogP contribution in [0.2, 0.25) is 0 Å². The van der Waals surface area contributed by atoms with E-state index in [1.165, 1.54) is 18.2 Å². The molecule has 0 radical (unpaired) electrons. The first-order chi connectivity index (χ1) is 23.5. The van der Waals surface area contributed by atoms with Crippen LogP contribution < -0.4 is 0 Å². The van der Waals surface area contributed by atoms with Crippen molar-refractivity contribution in [3.63, 3.8) is 0 Å². The van der Waals surface area contributed by atoms with Crippen LogP contribution in [0.1, 0.15) is 102 Å². The van der Waals surface area contributed by atoms with Gasteiger partial charge in [0.2, 0.25) is 5.78 Å². The monoisotopic (exact) mass is 700 g/mol. The van der Waals surface area contributed by atoms with Crippen LogP contribution >= 0.6 is 0 Å². The molecule has 2 saturated heterocycles. The number of likely N-dealkylation sites (N-methyl/N-ethyl adjacent to an activating group) is 2. The highest BCUT2D eigenvalue weighted by Crippen LogP contribution is 2.58. The molecule has 2 aromatic rings. The van der Waals surface area contributed by atoms with Crippen molar-refractivity contribution in [2.45, 2.75) is 113 Å². The number of aromatic hydroxyl groups is 3. The molecule has 4 aliphatic rings. The van der Waals surface area contributed by atoms with E-state index in [9.17, 15) is 40.2 Å². The van der Waals surface area contributed by atoms with Crippen LogP contribution in [0.15, 0.2) is 18.2 Å². The van der Waals surface area contributed by atoms with Gasteiger partial charge in [-0.1, -0.05) is 19.1 Å². The number of carbonyl (C=O) groups excluding carboxylic acids is 2. The number of ether oxygens (including phenoxy) is 4. The summed E-state index contributed by atoms with van der Waals surface area (Å²) in [5, 5.41) is 68.8. The van der Waals surface area contributed by atoms with E-state index in [4.69, 9.17) is 18.9 Å². The summed E-state index contributed by atoms with van der Waals surface area (Å²) in [6.07, 6.45) is -7.20. The van der Waals surface area contributed by atoms with Crippen LogP contribution in [0, 0.1) is 0 Å². The summed E-state index contributed by atoms with van der Waals surface area (Å²) in [6.45, 7) is 5.12. The lowest BCUT2D eigenvalue weighted by molar-refractivity contribution is -0.289. The van der Waals surface area contributed by atoms with E-state index in [-0.39, 0.29) is 60.0 Å². The molecular weight excluding hydrogens is 652 g/mol. The molecule has 2 fully saturated rings. The Labute approximate surface area is 290 Å². The van der Waals surface area contributed by atoms with E-state index in [0.717, 1.165) is 0 Å². The van der Waals surface area contributed by atoms with Crippen molar-refractivity contribution in [3.05, 3.63) is 51.6 Å². The number of hydrogen-bond donors (Lipinski definition) is 6. The highest BCUT2D eigenvalue weighted by Gasteiger charge is 2.54. The predicted molar refractivity (Wildman–Crippen MR) is 177 cm³/mol. The van der Waals surface area contributed by atoms with Crippen molar-refractivity contribution in [1.29, 1.82) is 0 Å². The van der Waals surface area contributed by atoms with Gasteiger partial charge in [0.1, 0.15) is 23.4 Å². The maximum Gasteiger partial charge on any atom is 0.202 e. The number of carbonyl (C=O) groups is 2. The van der Waals surface area contributed by atoms with Gasteiger partial charge in [0.05, 0.1) is 52.8 Å². The van der Waals surface area contributed by atoms with Gasteiger partial charge in [0, 0.05) is 48.0 Å². The number of phenols is 3. The molecule has 0 spiro atoms. The zero-order valence-corrected chi connectivity index (χ0v) is 29.4. The predicted octanol–water partition coefficient (Wildman–Crippen LogP) is 2.09. The van der Waals surface area contributed by atoms with Gasteiger partial charge >= 0.3 is 0 Å². The Morgan fingerprint density at radius 1 is 0.800 bits per heavy atom. The Morgan fingerprint density at radius 2 is 1.32 bits per heavy atom. The van der Waals surface area contributed by atoms with E-state index in [1.807, 2.05) is 38.0 Å². The smallest absolute Gasteiger partial charge is 0.202 e. The number of aliphatic hydroxyl groups excluding tert-OH is 2. The molecule has 274 valence electrons. The maximum absolute atomic E-state index is 14.0. The minimum absolute atomic E-state index is 0.0702. The molecule has 2 aromatic carbocycles. The lowest BCUT2D eigenvalue weighted by atomic mass is 9.70. The second-order valence-electron chi connectivity index (χ2n) is 14.5. The molecule has 0 bridgehead atoms. The van der Waals surface area contributed by atoms with Gasteiger partial charge in [-0.25, -0.2) is 0 Å². The maximum atomic E-state index is 14.0. The van der Waals surface area contributed by atoms with E-state index in [0.29, 0.717) is 0 Å². The summed E-state index contributed by atoms with van der Waals surface area (Å²) in [5.41, 5.74) is -3.47. The van der Waals surface area contributed by atoms with E-state index >= 15 is 0 Å². The largest absolute Gasteiger partial charge is 0.507 e. The zero-order chi connectivity index (χ0) is 36.6. The average Bonchev–Trinajstić information content (AvgIpc) is 3.05. The van der Waals surface area contributed by atoms with Gasteiger partial charge in [0.15, 0.2) is 18.4 Å². The lowest BCUT2D eigenvalue weighted by Gasteiger charge is -2.48. The van der Waals surface area contributed by atoms with Crippen LogP contribution in [0.5, 0.6) is 17.2 Å². The van der Waals surface area contributed by atoms with E-state index in [1.54, 1.807) is 20.8 Å². The van der Waals surface area contributed by atoms with Gasteiger partial charge < -0.3 is 59.4 Å². The Morgan fingerprint density at radius 3 is 1.86 bits per heavy atom. The summed E-state index contributed by atoms with van der Waals surface area (Å²) in [4.78, 5) is 31.6. The lowest BCUT2D eigenvalue weighted by Crippen LogP contribution is -2.55. The molecule has 14 heteroatoms. The SMILES string of the molecule is CC[C@@]1(O)C[C@H](O[C@H]2C[C@H](N(C)C)[C@H](O)[C@@H](C)O2)c2c(O)c3c(c(O)c2[C@H]1O[C@H]1C[C@H](N(C)C)[C@H](O)[C@@H](C)O1)C(=O)c1cccc(O)c1C3=O. The second-order valence-corrected chi connectivity index (χ2v) is 14.5. The molecule has 6 N–H and O–H groups in total. The molecular formula is C36H48N2O12. The first kappa shape index (κ1) is 36.6. The molecule has 50 heavy (non-hydrogen) atoms. The number of aliphatic hydroxyl groups is 3. The highest BCUT2D eigenvalue weighted by atomic mass is 16.7. The van der Waals surface area contributed by atoms with Crippen LogP contribution in [0.3, 0.4) is 0 Å². The molecule has 11 atom stereocenters. The molecule has 0 aromatic heterocycles. The summed E-state index contributed by atoms with van der Waals surface area (Å²) < 4.78 is 25.1. The molecule has 2 aliphatic carbocycles. The summed E-state index contributed by atoms with van der Waals surface area (Å²) in [6, 6.07) is 3.25. The number of phenolic OH excluding ortho intramolecular Hbond substituents is 3. The van der Waals surface area contributed by atoms with Gasteiger partial charge in [-0.3, -0.25) is 9.59 Å². The first-order valence-electron chi connectivity index (χ1n) is 17.1. The summed E-state index contributed by atoms with van der Waals surface area (Å²) in [5.74, 6) is -3.49. The number of ketones is 2.